The Morgan fingerprint density at radius 2 is 1.96 bits per heavy atom. The zero-order chi connectivity index (χ0) is 16.5. The van der Waals surface area contributed by atoms with E-state index in [9.17, 15) is 4.79 Å². The van der Waals surface area contributed by atoms with Crippen molar-refractivity contribution in [2.75, 3.05) is 12.4 Å². The molecule has 5 heteroatoms. The Labute approximate surface area is 142 Å². The van der Waals surface area contributed by atoms with Crippen LogP contribution in [0.5, 0.6) is 5.75 Å². The van der Waals surface area contributed by atoms with Gasteiger partial charge in [0.15, 0.2) is 5.13 Å². The summed E-state index contributed by atoms with van der Waals surface area (Å²) < 4.78 is 6.21. The van der Waals surface area contributed by atoms with Gasteiger partial charge in [0, 0.05) is 10.9 Å². The maximum Gasteiger partial charge on any atom is 0.257 e. The molecule has 0 spiro atoms. The Bertz CT molecular complexity index is 1060. The third kappa shape index (κ3) is 2.59. The number of benzene rings is 3. The number of carbonyl (C=O) groups excluding carboxylic acids is 1. The van der Waals surface area contributed by atoms with Gasteiger partial charge in [0.05, 0.1) is 17.3 Å². The number of carbonyl (C=O) groups is 1. The second-order valence-electron chi connectivity index (χ2n) is 5.34. The predicted octanol–water partition coefficient (Wildman–Crippen LogP) is 4.71. The second kappa shape index (κ2) is 5.94. The van der Waals surface area contributed by atoms with Crippen LogP contribution in [0.4, 0.5) is 5.13 Å². The molecule has 1 N–H and O–H groups in total. The van der Waals surface area contributed by atoms with Crippen molar-refractivity contribution in [1.82, 2.24) is 4.98 Å². The van der Waals surface area contributed by atoms with Crippen molar-refractivity contribution in [3.05, 3.63) is 66.2 Å². The first-order valence-electron chi connectivity index (χ1n) is 7.48. The molecule has 118 valence electrons. The van der Waals surface area contributed by atoms with Gasteiger partial charge in [0.2, 0.25) is 0 Å². The van der Waals surface area contributed by atoms with E-state index in [0.29, 0.717) is 16.4 Å². The van der Waals surface area contributed by atoms with Gasteiger partial charge in [-0.1, -0.05) is 47.7 Å². The third-order valence-electron chi connectivity index (χ3n) is 3.84. The molecule has 4 rings (SSSR count). The maximum atomic E-state index is 12.4. The number of nitrogens with zero attached hydrogens (tertiary/aromatic N) is 1. The van der Waals surface area contributed by atoms with E-state index in [1.165, 1.54) is 11.3 Å². The molecule has 0 unspecified atom stereocenters. The molecule has 1 heterocycles. The number of thiazole rings is 1. The Morgan fingerprint density at radius 1 is 1.08 bits per heavy atom. The number of methoxy groups -OCH3 is 1. The third-order valence-corrected chi connectivity index (χ3v) is 4.77. The number of hydrogen-bond acceptors (Lipinski definition) is 4. The van der Waals surface area contributed by atoms with E-state index in [0.717, 1.165) is 21.0 Å². The van der Waals surface area contributed by atoms with Crippen LogP contribution in [0.25, 0.3) is 21.0 Å². The SMILES string of the molecule is COc1cccc(C(=O)Nc2nc3c(ccc4ccccc43)s2)c1. The second-order valence-corrected chi connectivity index (χ2v) is 6.37. The van der Waals surface area contributed by atoms with E-state index in [1.807, 2.05) is 24.3 Å². The molecular formula is C19H14N2O2S. The highest BCUT2D eigenvalue weighted by molar-refractivity contribution is 7.22. The number of nitrogens with one attached hydrogen (secondary N) is 1. The molecule has 0 saturated carbocycles. The lowest BCUT2D eigenvalue weighted by atomic mass is 10.1. The zero-order valence-electron chi connectivity index (χ0n) is 12.9. The van der Waals surface area contributed by atoms with Gasteiger partial charge in [-0.2, -0.15) is 0 Å². The molecule has 0 saturated heterocycles. The van der Waals surface area contributed by atoms with Crippen molar-refractivity contribution < 1.29 is 9.53 Å². The highest BCUT2D eigenvalue weighted by Crippen LogP contribution is 2.31. The van der Waals surface area contributed by atoms with E-state index in [2.05, 4.69) is 22.4 Å². The van der Waals surface area contributed by atoms with Crippen molar-refractivity contribution in [3.8, 4) is 5.75 Å². The summed E-state index contributed by atoms with van der Waals surface area (Å²) in [5.41, 5.74) is 1.46. The lowest BCUT2D eigenvalue weighted by Gasteiger charge is -2.04. The maximum absolute atomic E-state index is 12.4. The van der Waals surface area contributed by atoms with Crippen molar-refractivity contribution in [3.63, 3.8) is 0 Å². The lowest BCUT2D eigenvalue weighted by molar-refractivity contribution is 0.102. The molecular weight excluding hydrogens is 320 g/mol. The van der Waals surface area contributed by atoms with Crippen LogP contribution in [0.2, 0.25) is 0 Å². The van der Waals surface area contributed by atoms with Crippen LogP contribution >= 0.6 is 11.3 Å². The zero-order valence-corrected chi connectivity index (χ0v) is 13.8. The quantitative estimate of drug-likeness (QED) is 0.590. The number of amides is 1. The summed E-state index contributed by atoms with van der Waals surface area (Å²) in [7, 11) is 1.58. The average Bonchev–Trinajstić information content (AvgIpc) is 3.04. The number of fused-ring (bicyclic) bond motifs is 3. The average molecular weight is 334 g/mol. The fourth-order valence-electron chi connectivity index (χ4n) is 2.65. The number of rotatable bonds is 3. The standard InChI is InChI=1S/C19H14N2O2S/c1-23-14-7-4-6-13(11-14)18(22)21-19-20-17-15-8-3-2-5-12(15)9-10-16(17)24-19/h2-11H,1H3,(H,20,21,22). The summed E-state index contributed by atoms with van der Waals surface area (Å²) in [6, 6.07) is 19.3. The minimum Gasteiger partial charge on any atom is -0.497 e. The number of hydrogen-bond donors (Lipinski definition) is 1. The first-order valence-corrected chi connectivity index (χ1v) is 8.30. The van der Waals surface area contributed by atoms with E-state index in [1.54, 1.807) is 31.4 Å². The molecule has 0 atom stereocenters. The lowest BCUT2D eigenvalue weighted by Crippen LogP contribution is -2.11. The van der Waals surface area contributed by atoms with Gasteiger partial charge >= 0.3 is 0 Å². The number of aromatic nitrogens is 1. The molecule has 0 aliphatic heterocycles. The molecule has 0 radical (unpaired) electrons. The van der Waals surface area contributed by atoms with Gasteiger partial charge in [-0.15, -0.1) is 0 Å². The Hall–Kier alpha value is -2.92. The first-order chi connectivity index (χ1) is 11.7. The van der Waals surface area contributed by atoms with E-state index < -0.39 is 0 Å². The Morgan fingerprint density at radius 3 is 2.83 bits per heavy atom. The van der Waals surface area contributed by atoms with Crippen LogP contribution in [0.3, 0.4) is 0 Å². The molecule has 1 aromatic heterocycles. The Balaban J connectivity index is 1.69. The summed E-state index contributed by atoms with van der Waals surface area (Å²) >= 11 is 1.47. The molecule has 4 aromatic rings. The van der Waals surface area contributed by atoms with Crippen LogP contribution in [0, 0.1) is 0 Å². The molecule has 1 amide bonds. The van der Waals surface area contributed by atoms with Crippen LogP contribution in [0.15, 0.2) is 60.7 Å². The molecule has 24 heavy (non-hydrogen) atoms. The van der Waals surface area contributed by atoms with Gasteiger partial charge in [0.1, 0.15) is 5.75 Å². The summed E-state index contributed by atoms with van der Waals surface area (Å²) in [5, 5.41) is 5.70. The van der Waals surface area contributed by atoms with Gasteiger partial charge in [-0.25, -0.2) is 4.98 Å². The summed E-state index contributed by atoms with van der Waals surface area (Å²) in [4.78, 5) is 17.0. The normalized spacial score (nSPS) is 10.9. The van der Waals surface area contributed by atoms with Crippen LogP contribution in [-0.2, 0) is 0 Å². The van der Waals surface area contributed by atoms with Crippen molar-refractivity contribution in [1.29, 1.82) is 0 Å². The van der Waals surface area contributed by atoms with Crippen LogP contribution < -0.4 is 10.1 Å². The van der Waals surface area contributed by atoms with E-state index in [4.69, 9.17) is 4.74 Å². The highest BCUT2D eigenvalue weighted by Gasteiger charge is 2.12. The first kappa shape index (κ1) is 14.7. The molecule has 4 nitrogen and oxygen atoms in total. The summed E-state index contributed by atoms with van der Waals surface area (Å²) in [6.45, 7) is 0. The van der Waals surface area contributed by atoms with E-state index in [-0.39, 0.29) is 5.91 Å². The molecule has 0 aliphatic carbocycles. The molecule has 3 aromatic carbocycles. The smallest absolute Gasteiger partial charge is 0.257 e. The molecule has 0 bridgehead atoms. The minimum absolute atomic E-state index is 0.197. The predicted molar refractivity (Wildman–Crippen MR) is 98.1 cm³/mol. The van der Waals surface area contributed by atoms with Crippen molar-refractivity contribution >= 4 is 43.4 Å². The van der Waals surface area contributed by atoms with Crippen LogP contribution in [0.1, 0.15) is 10.4 Å². The Kier molecular flexibility index (Phi) is 3.63. The number of anilines is 1. The van der Waals surface area contributed by atoms with Gasteiger partial charge in [-0.05, 0) is 29.7 Å². The summed E-state index contributed by atoms with van der Waals surface area (Å²) in [6.07, 6.45) is 0. The number of ether oxygens (including phenoxy) is 1. The topological polar surface area (TPSA) is 51.2 Å². The van der Waals surface area contributed by atoms with E-state index >= 15 is 0 Å². The van der Waals surface area contributed by atoms with Crippen molar-refractivity contribution in [2.24, 2.45) is 0 Å². The largest absolute Gasteiger partial charge is 0.497 e. The van der Waals surface area contributed by atoms with Gasteiger partial charge in [0.25, 0.3) is 5.91 Å². The highest BCUT2D eigenvalue weighted by atomic mass is 32.1. The summed E-state index contributed by atoms with van der Waals surface area (Å²) in [5.74, 6) is 0.454. The van der Waals surface area contributed by atoms with Crippen molar-refractivity contribution in [2.45, 2.75) is 0 Å². The van der Waals surface area contributed by atoms with Crippen LogP contribution in [-0.4, -0.2) is 18.0 Å². The van der Waals surface area contributed by atoms with Gasteiger partial charge < -0.3 is 4.74 Å². The molecule has 0 aliphatic rings. The fourth-order valence-corrected chi connectivity index (χ4v) is 3.53. The minimum atomic E-state index is -0.197. The monoisotopic (exact) mass is 334 g/mol. The van der Waals surface area contributed by atoms with Gasteiger partial charge in [-0.3, -0.25) is 10.1 Å². The fraction of sp³-hybridized carbons (Fsp3) is 0.0526. The molecule has 0 fully saturated rings.